The van der Waals surface area contributed by atoms with Crippen LogP contribution in [0.2, 0.25) is 0 Å². The van der Waals surface area contributed by atoms with E-state index < -0.39 is 0 Å². The van der Waals surface area contributed by atoms with E-state index >= 15 is 0 Å². The van der Waals surface area contributed by atoms with Crippen molar-refractivity contribution < 1.29 is 0 Å². The summed E-state index contributed by atoms with van der Waals surface area (Å²) in [5.41, 5.74) is 12.7. The van der Waals surface area contributed by atoms with Crippen molar-refractivity contribution in [2.24, 2.45) is 0 Å². The first kappa shape index (κ1) is 27.9. The molecule has 0 fully saturated rings. The molecule has 9 rings (SSSR count). The molecule has 1 heteroatoms. The topological polar surface area (TPSA) is 4.93 Å². The predicted octanol–water partition coefficient (Wildman–Crippen LogP) is 12.9. The van der Waals surface area contributed by atoms with Crippen LogP contribution >= 0.6 is 0 Å². The number of hydrogen-bond donors (Lipinski definition) is 0. The van der Waals surface area contributed by atoms with Crippen LogP contribution in [0.4, 0.5) is 0 Å². The summed E-state index contributed by atoms with van der Waals surface area (Å²) in [6.45, 7) is 11.3. The Morgan fingerprint density at radius 2 is 1.02 bits per heavy atom. The fourth-order valence-corrected chi connectivity index (χ4v) is 7.81. The van der Waals surface area contributed by atoms with Gasteiger partial charge in [0.15, 0.2) is 0 Å². The molecule has 226 valence electrons. The molecule has 0 aliphatic carbocycles. The third-order valence-corrected chi connectivity index (χ3v) is 10.2. The average molecular weight is 604 g/mol. The van der Waals surface area contributed by atoms with Crippen LogP contribution in [-0.2, 0) is 5.41 Å². The van der Waals surface area contributed by atoms with Gasteiger partial charge in [0.25, 0.3) is 0 Å². The molecule has 0 amide bonds. The minimum absolute atomic E-state index is 0.0768. The molecular formula is C46H37N. The molecule has 1 nitrogen and oxygen atoms in total. The van der Waals surface area contributed by atoms with Crippen molar-refractivity contribution in [2.75, 3.05) is 0 Å². The molecule has 1 heterocycles. The number of benzene rings is 8. The van der Waals surface area contributed by atoms with E-state index in [4.69, 9.17) is 0 Å². The van der Waals surface area contributed by atoms with E-state index in [0.29, 0.717) is 0 Å². The second-order valence-electron chi connectivity index (χ2n) is 14.4. The number of para-hydroxylation sites is 2. The molecule has 0 atom stereocenters. The molecule has 1 aromatic heterocycles. The van der Waals surface area contributed by atoms with Crippen LogP contribution < -0.4 is 0 Å². The Hall–Kier alpha value is -5.40. The van der Waals surface area contributed by atoms with E-state index in [2.05, 4.69) is 173 Å². The Morgan fingerprint density at radius 1 is 0.447 bits per heavy atom. The summed E-state index contributed by atoms with van der Waals surface area (Å²) in [5.74, 6) is 0. The first-order chi connectivity index (χ1) is 22.7. The van der Waals surface area contributed by atoms with Gasteiger partial charge in [0.1, 0.15) is 0 Å². The zero-order chi connectivity index (χ0) is 32.0. The predicted molar refractivity (Wildman–Crippen MR) is 204 cm³/mol. The van der Waals surface area contributed by atoms with Crippen LogP contribution in [0, 0.1) is 13.8 Å². The van der Waals surface area contributed by atoms with Gasteiger partial charge in [0, 0.05) is 16.5 Å². The first-order valence-corrected chi connectivity index (χ1v) is 16.7. The SMILES string of the molecule is Cc1ccc(-c2cc(-c3cc(C)cc(-n4c5ccccc5c5ccccc54)c3)c3ccc4cc(C(C)(C)C)cc5ccc2c3c54)cc1. The van der Waals surface area contributed by atoms with Gasteiger partial charge in [-0.1, -0.05) is 129 Å². The van der Waals surface area contributed by atoms with E-state index in [9.17, 15) is 0 Å². The summed E-state index contributed by atoms with van der Waals surface area (Å²) in [6.07, 6.45) is 0. The smallest absolute Gasteiger partial charge is 0.0541 e. The number of hydrogen-bond acceptors (Lipinski definition) is 0. The molecular weight excluding hydrogens is 567 g/mol. The van der Waals surface area contributed by atoms with Gasteiger partial charge in [-0.05, 0) is 115 Å². The van der Waals surface area contributed by atoms with Gasteiger partial charge in [-0.15, -0.1) is 0 Å². The molecule has 0 saturated carbocycles. The zero-order valence-electron chi connectivity index (χ0n) is 27.6. The van der Waals surface area contributed by atoms with E-state index in [0.717, 1.165) is 0 Å². The van der Waals surface area contributed by atoms with Gasteiger partial charge >= 0.3 is 0 Å². The Kier molecular flexibility index (Phi) is 5.96. The molecule has 0 aliphatic heterocycles. The Balaban J connectivity index is 1.38. The second-order valence-corrected chi connectivity index (χ2v) is 14.4. The molecule has 0 unspecified atom stereocenters. The maximum atomic E-state index is 2.44. The minimum atomic E-state index is 0.0768. The van der Waals surface area contributed by atoms with E-state index in [1.807, 2.05) is 0 Å². The van der Waals surface area contributed by atoms with Gasteiger partial charge in [-0.2, -0.15) is 0 Å². The fraction of sp³-hybridized carbons (Fsp3) is 0.130. The van der Waals surface area contributed by atoms with Crippen molar-refractivity contribution in [3.63, 3.8) is 0 Å². The van der Waals surface area contributed by atoms with Gasteiger partial charge in [-0.25, -0.2) is 0 Å². The van der Waals surface area contributed by atoms with Crippen LogP contribution in [-0.4, -0.2) is 4.57 Å². The normalized spacial score (nSPS) is 12.4. The van der Waals surface area contributed by atoms with Crippen molar-refractivity contribution in [3.05, 3.63) is 150 Å². The molecule has 0 saturated heterocycles. The highest BCUT2D eigenvalue weighted by molar-refractivity contribution is 6.28. The van der Waals surface area contributed by atoms with E-state index in [1.165, 1.54) is 98.8 Å². The van der Waals surface area contributed by atoms with Crippen molar-refractivity contribution in [3.8, 4) is 27.9 Å². The van der Waals surface area contributed by atoms with E-state index in [-0.39, 0.29) is 5.41 Å². The van der Waals surface area contributed by atoms with Crippen LogP contribution in [0.1, 0.15) is 37.5 Å². The number of aromatic nitrogens is 1. The summed E-state index contributed by atoms with van der Waals surface area (Å²) >= 11 is 0. The highest BCUT2D eigenvalue weighted by Crippen LogP contribution is 2.46. The van der Waals surface area contributed by atoms with Crippen molar-refractivity contribution in [1.29, 1.82) is 0 Å². The molecule has 8 aromatic carbocycles. The van der Waals surface area contributed by atoms with Gasteiger partial charge in [-0.3, -0.25) is 0 Å². The highest BCUT2D eigenvalue weighted by Gasteiger charge is 2.21. The average Bonchev–Trinajstić information content (AvgIpc) is 3.41. The van der Waals surface area contributed by atoms with Gasteiger partial charge in [0.2, 0.25) is 0 Å². The number of aryl methyl sites for hydroxylation is 2. The van der Waals surface area contributed by atoms with Crippen molar-refractivity contribution in [1.82, 2.24) is 4.57 Å². The van der Waals surface area contributed by atoms with Gasteiger partial charge < -0.3 is 4.57 Å². The first-order valence-electron chi connectivity index (χ1n) is 16.7. The standard InChI is InChI=1S/C46H37N/c1-28-14-16-30(17-15-28)40-27-41(39-21-19-32-25-34(46(3,4)5)24-31-18-20-38(40)45(39)44(31)32)33-22-29(2)23-35(26-33)47-42-12-8-6-10-36(42)37-11-7-9-13-43(37)47/h6-27H,1-5H3. The van der Waals surface area contributed by atoms with Crippen molar-refractivity contribution in [2.45, 2.75) is 40.0 Å². The summed E-state index contributed by atoms with van der Waals surface area (Å²) < 4.78 is 2.44. The van der Waals surface area contributed by atoms with Crippen LogP contribution in [0.5, 0.6) is 0 Å². The second kappa shape index (κ2) is 10.0. The lowest BCUT2D eigenvalue weighted by Gasteiger charge is -2.23. The maximum absolute atomic E-state index is 2.44. The summed E-state index contributed by atoms with van der Waals surface area (Å²) in [5, 5.41) is 10.5. The lowest BCUT2D eigenvalue weighted by Crippen LogP contribution is -2.10. The largest absolute Gasteiger partial charge is 0.309 e. The van der Waals surface area contributed by atoms with Crippen LogP contribution in [0.3, 0.4) is 0 Å². The van der Waals surface area contributed by atoms with Crippen LogP contribution in [0.15, 0.2) is 133 Å². The highest BCUT2D eigenvalue weighted by atomic mass is 15.0. The lowest BCUT2D eigenvalue weighted by molar-refractivity contribution is 0.591. The number of fused-ring (bicyclic) bond motifs is 3. The summed E-state index contributed by atoms with van der Waals surface area (Å²) in [7, 11) is 0. The van der Waals surface area contributed by atoms with Crippen molar-refractivity contribution >= 4 is 54.1 Å². The molecule has 47 heavy (non-hydrogen) atoms. The zero-order valence-corrected chi connectivity index (χ0v) is 27.6. The summed E-state index contributed by atoms with van der Waals surface area (Å²) in [4.78, 5) is 0. The molecule has 0 N–H and O–H groups in total. The maximum Gasteiger partial charge on any atom is 0.0541 e. The number of nitrogens with zero attached hydrogens (tertiary/aromatic N) is 1. The summed E-state index contributed by atoms with van der Waals surface area (Å²) in [6, 6.07) is 50.3. The molecule has 0 spiro atoms. The monoisotopic (exact) mass is 603 g/mol. The lowest BCUT2D eigenvalue weighted by atomic mass is 9.81. The minimum Gasteiger partial charge on any atom is -0.309 e. The fourth-order valence-electron chi connectivity index (χ4n) is 7.81. The third kappa shape index (κ3) is 4.30. The molecule has 9 aromatic rings. The van der Waals surface area contributed by atoms with Gasteiger partial charge in [0.05, 0.1) is 11.0 Å². The van der Waals surface area contributed by atoms with Crippen LogP contribution in [0.25, 0.3) is 82.1 Å². The Labute approximate surface area is 276 Å². The third-order valence-electron chi connectivity index (χ3n) is 10.2. The Bertz CT molecular complexity index is 2590. The Morgan fingerprint density at radius 3 is 1.62 bits per heavy atom. The quantitative estimate of drug-likeness (QED) is 0.177. The molecule has 0 aliphatic rings. The molecule has 0 radical (unpaired) electrons. The van der Waals surface area contributed by atoms with E-state index in [1.54, 1.807) is 0 Å². The number of rotatable bonds is 3. The molecule has 0 bridgehead atoms.